The lowest BCUT2D eigenvalue weighted by atomic mass is 10.2. The highest BCUT2D eigenvalue weighted by Gasteiger charge is 2.33. The van der Waals surface area contributed by atoms with Crippen molar-refractivity contribution in [2.24, 2.45) is 0 Å². The molecule has 1 aromatic rings. The van der Waals surface area contributed by atoms with E-state index in [0.29, 0.717) is 4.90 Å². The molecule has 0 fully saturated rings. The zero-order chi connectivity index (χ0) is 13.8. The second-order valence-electron chi connectivity index (χ2n) is 3.51. The van der Waals surface area contributed by atoms with E-state index in [0.717, 1.165) is 0 Å². The quantitative estimate of drug-likeness (QED) is 0.778. The van der Waals surface area contributed by atoms with E-state index in [4.69, 9.17) is 23.2 Å². The minimum absolute atomic E-state index is 0.0357. The van der Waals surface area contributed by atoms with Gasteiger partial charge in [-0.2, -0.15) is 13.2 Å². The van der Waals surface area contributed by atoms with Crippen molar-refractivity contribution in [3.05, 3.63) is 34.9 Å². The van der Waals surface area contributed by atoms with E-state index in [9.17, 15) is 18.0 Å². The Labute approximate surface area is 112 Å². The fraction of sp³-hybridized carbons (Fsp3) is 0.364. The summed E-state index contributed by atoms with van der Waals surface area (Å²) in [7, 11) is 0. The summed E-state index contributed by atoms with van der Waals surface area (Å²) in [5.41, 5.74) is 0.0357. The van der Waals surface area contributed by atoms with Crippen LogP contribution in [0.4, 0.5) is 13.2 Å². The molecule has 1 amide bonds. The lowest BCUT2D eigenvalue weighted by Crippen LogP contribution is -2.40. The molecule has 100 valence electrons. The Morgan fingerprint density at radius 3 is 2.39 bits per heavy atom. The van der Waals surface area contributed by atoms with E-state index < -0.39 is 18.6 Å². The summed E-state index contributed by atoms with van der Waals surface area (Å²) in [5.74, 6) is -0.856. The summed E-state index contributed by atoms with van der Waals surface area (Å²) in [6.45, 7) is -1.53. The lowest BCUT2D eigenvalue weighted by molar-refractivity contribution is -0.140. The Hall–Kier alpha value is -0.940. The Balaban J connectivity index is 2.93. The normalized spacial score (nSPS) is 11.4. The maximum absolute atomic E-state index is 12.3. The summed E-state index contributed by atoms with van der Waals surface area (Å²) in [4.78, 5) is 12.5. The molecule has 0 radical (unpaired) electrons. The van der Waals surface area contributed by atoms with Gasteiger partial charge in [0, 0.05) is 12.4 Å². The average Bonchev–Trinajstić information content (AvgIpc) is 2.26. The SMILES string of the molecule is O=C(c1ccccc1Cl)N(CCCl)CC(F)(F)F. The van der Waals surface area contributed by atoms with Gasteiger partial charge in [0.1, 0.15) is 6.54 Å². The molecule has 0 saturated heterocycles. The maximum Gasteiger partial charge on any atom is 0.406 e. The largest absolute Gasteiger partial charge is 0.406 e. The lowest BCUT2D eigenvalue weighted by Gasteiger charge is -2.23. The molecular weight excluding hydrogens is 290 g/mol. The van der Waals surface area contributed by atoms with Gasteiger partial charge in [-0.3, -0.25) is 4.79 Å². The molecule has 0 aliphatic heterocycles. The first-order chi connectivity index (χ1) is 8.35. The molecule has 0 unspecified atom stereocenters. The van der Waals surface area contributed by atoms with E-state index >= 15 is 0 Å². The molecule has 0 atom stereocenters. The van der Waals surface area contributed by atoms with Crippen LogP contribution in [0, 0.1) is 0 Å². The number of amides is 1. The zero-order valence-corrected chi connectivity index (χ0v) is 10.7. The molecule has 1 aromatic carbocycles. The number of hydrogen-bond donors (Lipinski definition) is 0. The molecule has 0 aromatic heterocycles. The number of rotatable bonds is 4. The molecule has 2 nitrogen and oxygen atoms in total. The molecule has 0 N–H and O–H groups in total. The second-order valence-corrected chi connectivity index (χ2v) is 4.30. The zero-order valence-electron chi connectivity index (χ0n) is 9.18. The van der Waals surface area contributed by atoms with Gasteiger partial charge in [0.25, 0.3) is 5.91 Å². The van der Waals surface area contributed by atoms with E-state index in [-0.39, 0.29) is 23.0 Å². The van der Waals surface area contributed by atoms with Gasteiger partial charge >= 0.3 is 6.18 Å². The van der Waals surface area contributed by atoms with Gasteiger partial charge in [0.05, 0.1) is 10.6 Å². The average molecular weight is 300 g/mol. The molecule has 0 heterocycles. The maximum atomic E-state index is 12.3. The number of benzene rings is 1. The van der Waals surface area contributed by atoms with Crippen LogP contribution in [0.2, 0.25) is 5.02 Å². The van der Waals surface area contributed by atoms with Gasteiger partial charge in [0.15, 0.2) is 0 Å². The van der Waals surface area contributed by atoms with E-state index in [1.165, 1.54) is 18.2 Å². The van der Waals surface area contributed by atoms with Crippen LogP contribution >= 0.6 is 23.2 Å². The molecule has 7 heteroatoms. The van der Waals surface area contributed by atoms with Crippen LogP contribution in [0.15, 0.2) is 24.3 Å². The molecule has 1 rings (SSSR count). The highest BCUT2D eigenvalue weighted by Crippen LogP contribution is 2.21. The third-order valence-electron chi connectivity index (χ3n) is 2.12. The number of carbonyl (C=O) groups excluding carboxylic acids is 1. The predicted molar refractivity (Wildman–Crippen MR) is 64.1 cm³/mol. The first-order valence-corrected chi connectivity index (χ1v) is 5.93. The molecule has 0 saturated carbocycles. The Morgan fingerprint density at radius 2 is 1.89 bits per heavy atom. The number of halogens is 5. The van der Waals surface area contributed by atoms with Gasteiger partial charge in [-0.25, -0.2) is 0 Å². The van der Waals surface area contributed by atoms with Crippen LogP contribution in [0.5, 0.6) is 0 Å². The van der Waals surface area contributed by atoms with Crippen molar-refractivity contribution in [3.8, 4) is 0 Å². The van der Waals surface area contributed by atoms with Crippen molar-refractivity contribution in [2.75, 3.05) is 19.0 Å². The Kier molecular flexibility index (Phi) is 5.28. The molecular formula is C11H10Cl2F3NO. The standard InChI is InChI=1S/C11H10Cl2F3NO/c12-5-6-17(7-11(14,15)16)10(18)8-3-1-2-4-9(8)13/h1-4H,5-7H2. The first-order valence-electron chi connectivity index (χ1n) is 5.01. The van der Waals surface area contributed by atoms with Crippen molar-refractivity contribution in [1.29, 1.82) is 0 Å². The van der Waals surface area contributed by atoms with Crippen LogP contribution in [-0.2, 0) is 0 Å². The Bertz CT molecular complexity index is 423. The predicted octanol–water partition coefficient (Wildman–Crippen LogP) is 3.58. The van der Waals surface area contributed by atoms with Crippen LogP contribution < -0.4 is 0 Å². The van der Waals surface area contributed by atoms with Gasteiger partial charge in [0.2, 0.25) is 0 Å². The molecule has 18 heavy (non-hydrogen) atoms. The third-order valence-corrected chi connectivity index (χ3v) is 2.61. The van der Waals surface area contributed by atoms with Crippen molar-refractivity contribution in [3.63, 3.8) is 0 Å². The summed E-state index contributed by atoms with van der Waals surface area (Å²) in [6.07, 6.45) is -4.47. The molecule has 0 spiro atoms. The summed E-state index contributed by atoms with van der Waals surface area (Å²) in [6, 6.07) is 5.95. The second kappa shape index (κ2) is 6.29. The Morgan fingerprint density at radius 1 is 1.28 bits per heavy atom. The molecule has 0 aliphatic rings. The monoisotopic (exact) mass is 299 g/mol. The fourth-order valence-corrected chi connectivity index (χ4v) is 1.80. The van der Waals surface area contributed by atoms with Gasteiger partial charge in [-0.05, 0) is 12.1 Å². The fourth-order valence-electron chi connectivity index (χ4n) is 1.38. The number of hydrogen-bond acceptors (Lipinski definition) is 1. The van der Waals surface area contributed by atoms with Crippen LogP contribution in [-0.4, -0.2) is 36.0 Å². The summed E-state index contributed by atoms with van der Waals surface area (Å²) in [5, 5.41) is 0.115. The van der Waals surface area contributed by atoms with E-state index in [2.05, 4.69) is 0 Å². The van der Waals surface area contributed by atoms with Gasteiger partial charge in [-0.15, -0.1) is 11.6 Å². The van der Waals surface area contributed by atoms with Crippen molar-refractivity contribution >= 4 is 29.1 Å². The van der Waals surface area contributed by atoms with Gasteiger partial charge < -0.3 is 4.90 Å². The molecule has 0 aliphatic carbocycles. The van der Waals surface area contributed by atoms with Crippen molar-refractivity contribution < 1.29 is 18.0 Å². The number of carbonyl (C=O) groups is 1. The first kappa shape index (κ1) is 15.1. The van der Waals surface area contributed by atoms with E-state index in [1.807, 2.05) is 0 Å². The highest BCUT2D eigenvalue weighted by molar-refractivity contribution is 6.33. The third kappa shape index (κ3) is 4.38. The van der Waals surface area contributed by atoms with Gasteiger partial charge in [-0.1, -0.05) is 23.7 Å². The number of nitrogens with zero attached hydrogens (tertiary/aromatic N) is 1. The minimum Gasteiger partial charge on any atom is -0.328 e. The smallest absolute Gasteiger partial charge is 0.328 e. The summed E-state index contributed by atoms with van der Waals surface area (Å²) >= 11 is 11.2. The van der Waals surface area contributed by atoms with Crippen molar-refractivity contribution in [1.82, 2.24) is 4.90 Å². The van der Waals surface area contributed by atoms with Crippen LogP contribution in [0.25, 0.3) is 0 Å². The van der Waals surface area contributed by atoms with Crippen LogP contribution in [0.1, 0.15) is 10.4 Å². The number of alkyl halides is 4. The minimum atomic E-state index is -4.47. The summed E-state index contributed by atoms with van der Waals surface area (Å²) < 4.78 is 37.0. The van der Waals surface area contributed by atoms with Crippen molar-refractivity contribution in [2.45, 2.75) is 6.18 Å². The van der Waals surface area contributed by atoms with Crippen LogP contribution in [0.3, 0.4) is 0 Å². The molecule has 0 bridgehead atoms. The van der Waals surface area contributed by atoms with E-state index in [1.54, 1.807) is 6.07 Å². The topological polar surface area (TPSA) is 20.3 Å². The highest BCUT2D eigenvalue weighted by atomic mass is 35.5.